The monoisotopic (exact) mass is 145 g/mol. The second-order valence-electron chi connectivity index (χ2n) is 3.03. The summed E-state index contributed by atoms with van der Waals surface area (Å²) in [6.45, 7) is 3.71. The summed E-state index contributed by atoms with van der Waals surface area (Å²) in [5.41, 5.74) is 2.51. The normalized spacial score (nSPS) is 16.4. The molecule has 0 spiro atoms. The van der Waals surface area contributed by atoms with E-state index in [2.05, 4.69) is 17.6 Å². The smallest absolute Gasteiger partial charge is 0.0340 e. The van der Waals surface area contributed by atoms with Crippen molar-refractivity contribution in [1.29, 1.82) is 0 Å². The van der Waals surface area contributed by atoms with E-state index in [-0.39, 0.29) is 0 Å². The predicted octanol–water partition coefficient (Wildman–Crippen LogP) is 2.60. The van der Waals surface area contributed by atoms with Crippen molar-refractivity contribution in [3.8, 4) is 0 Å². The Bertz CT molecular complexity index is 274. The van der Waals surface area contributed by atoms with E-state index in [4.69, 9.17) is 0 Å². The van der Waals surface area contributed by atoms with Crippen LogP contribution in [-0.2, 0) is 0 Å². The highest BCUT2D eigenvalue weighted by molar-refractivity contribution is 5.46. The van der Waals surface area contributed by atoms with Gasteiger partial charge in [-0.1, -0.05) is 12.7 Å². The molecule has 56 valence electrons. The molecule has 1 aromatic heterocycles. The highest BCUT2D eigenvalue weighted by atomic mass is 14.6. The van der Waals surface area contributed by atoms with Crippen molar-refractivity contribution in [2.75, 3.05) is 0 Å². The summed E-state index contributed by atoms with van der Waals surface area (Å²) in [4.78, 5) is 4.15. The second kappa shape index (κ2) is 2.50. The lowest BCUT2D eigenvalue weighted by molar-refractivity contribution is 1.09. The van der Waals surface area contributed by atoms with E-state index in [0.717, 1.165) is 11.5 Å². The molecule has 0 unspecified atom stereocenters. The van der Waals surface area contributed by atoms with Crippen molar-refractivity contribution in [1.82, 2.24) is 4.98 Å². The van der Waals surface area contributed by atoms with Crippen LogP contribution in [0.5, 0.6) is 0 Å². The minimum absolute atomic E-state index is 0.794. The van der Waals surface area contributed by atoms with Crippen LogP contribution >= 0.6 is 0 Å². The van der Waals surface area contributed by atoms with Gasteiger partial charge in [-0.15, -0.1) is 0 Å². The molecule has 1 nitrogen and oxygen atoms in total. The van der Waals surface area contributed by atoms with Gasteiger partial charge in [0.15, 0.2) is 0 Å². The summed E-state index contributed by atoms with van der Waals surface area (Å²) >= 11 is 0. The summed E-state index contributed by atoms with van der Waals surface area (Å²) < 4.78 is 0. The summed E-state index contributed by atoms with van der Waals surface area (Å²) in [5.74, 6) is 0.794. The minimum atomic E-state index is 0.794. The fraction of sp³-hybridized carbons (Fsp3) is 0.300. The van der Waals surface area contributed by atoms with Gasteiger partial charge in [-0.2, -0.15) is 0 Å². The molecule has 1 aliphatic rings. The molecule has 0 bridgehead atoms. The van der Waals surface area contributed by atoms with Gasteiger partial charge in [-0.05, 0) is 36.0 Å². The van der Waals surface area contributed by atoms with Crippen LogP contribution in [-0.4, -0.2) is 4.98 Å². The molecule has 0 atom stereocenters. The van der Waals surface area contributed by atoms with E-state index in [1.807, 2.05) is 18.5 Å². The highest BCUT2D eigenvalue weighted by Crippen LogP contribution is 2.39. The first-order chi connectivity index (χ1) is 5.40. The Hall–Kier alpha value is -1.11. The van der Waals surface area contributed by atoms with E-state index < -0.39 is 0 Å². The lowest BCUT2D eigenvalue weighted by Gasteiger charge is -1.97. The van der Waals surface area contributed by atoms with Crippen molar-refractivity contribution in [3.05, 3.63) is 36.2 Å². The van der Waals surface area contributed by atoms with Gasteiger partial charge >= 0.3 is 0 Å². The number of rotatable bonds is 2. The number of hydrogen-bond donors (Lipinski definition) is 0. The predicted molar refractivity (Wildman–Crippen MR) is 46.3 cm³/mol. The summed E-state index contributed by atoms with van der Waals surface area (Å²) in [5, 5.41) is 0. The van der Waals surface area contributed by atoms with Crippen molar-refractivity contribution in [3.63, 3.8) is 0 Å². The Morgan fingerprint density at radius 3 is 2.91 bits per heavy atom. The zero-order valence-electron chi connectivity index (χ0n) is 6.46. The average Bonchev–Trinajstić information content (AvgIpc) is 2.87. The lowest BCUT2D eigenvalue weighted by Crippen LogP contribution is -1.82. The van der Waals surface area contributed by atoms with Crippen LogP contribution < -0.4 is 0 Å². The van der Waals surface area contributed by atoms with Gasteiger partial charge in [-0.25, -0.2) is 0 Å². The molecule has 1 aromatic rings. The van der Waals surface area contributed by atoms with Gasteiger partial charge in [-0.3, -0.25) is 4.98 Å². The molecule has 0 amide bonds. The molecule has 1 heterocycles. The first-order valence-electron chi connectivity index (χ1n) is 3.97. The van der Waals surface area contributed by atoms with Crippen molar-refractivity contribution in [2.24, 2.45) is 0 Å². The van der Waals surface area contributed by atoms with Gasteiger partial charge in [0.25, 0.3) is 0 Å². The van der Waals surface area contributed by atoms with E-state index in [9.17, 15) is 0 Å². The maximum Gasteiger partial charge on any atom is 0.0340 e. The fourth-order valence-corrected chi connectivity index (χ4v) is 1.23. The summed E-state index contributed by atoms with van der Waals surface area (Å²) in [6.07, 6.45) is 8.33. The maximum absolute atomic E-state index is 4.15. The molecule has 1 aliphatic carbocycles. The third-order valence-electron chi connectivity index (χ3n) is 2.07. The summed E-state index contributed by atoms with van der Waals surface area (Å²) in [7, 11) is 0. The van der Waals surface area contributed by atoms with Crippen LogP contribution in [0.15, 0.2) is 25.0 Å². The van der Waals surface area contributed by atoms with Gasteiger partial charge in [0, 0.05) is 12.4 Å². The van der Waals surface area contributed by atoms with Crippen molar-refractivity contribution in [2.45, 2.75) is 18.8 Å². The third-order valence-corrected chi connectivity index (χ3v) is 2.07. The van der Waals surface area contributed by atoms with Gasteiger partial charge < -0.3 is 0 Å². The molecule has 1 heteroatoms. The van der Waals surface area contributed by atoms with Crippen LogP contribution in [0.2, 0.25) is 0 Å². The third kappa shape index (κ3) is 1.32. The Kier molecular flexibility index (Phi) is 1.50. The van der Waals surface area contributed by atoms with Crippen LogP contribution in [0.4, 0.5) is 0 Å². The van der Waals surface area contributed by atoms with Crippen LogP contribution in [0, 0.1) is 0 Å². The molecule has 2 rings (SSSR count). The van der Waals surface area contributed by atoms with E-state index in [1.54, 1.807) is 0 Å². The second-order valence-corrected chi connectivity index (χ2v) is 3.03. The number of nitrogens with zero attached hydrogens (tertiary/aromatic N) is 1. The fourth-order valence-electron chi connectivity index (χ4n) is 1.23. The van der Waals surface area contributed by atoms with Gasteiger partial charge in [0.2, 0.25) is 0 Å². The molecule has 0 aromatic carbocycles. The standard InChI is InChI=1S/C10H11N/c1-2-8-5-10(7-11-6-8)9-3-4-9/h2,5-7,9H,1,3-4H2. The quantitative estimate of drug-likeness (QED) is 0.623. The molecule has 1 saturated carbocycles. The van der Waals surface area contributed by atoms with Crippen LogP contribution in [0.1, 0.15) is 29.9 Å². The molecule has 0 aliphatic heterocycles. The molecule has 11 heavy (non-hydrogen) atoms. The molecular weight excluding hydrogens is 134 g/mol. The number of hydrogen-bond acceptors (Lipinski definition) is 1. The Morgan fingerprint density at radius 2 is 2.27 bits per heavy atom. The Morgan fingerprint density at radius 1 is 1.45 bits per heavy atom. The average molecular weight is 145 g/mol. The van der Waals surface area contributed by atoms with Crippen LogP contribution in [0.3, 0.4) is 0 Å². The highest BCUT2D eigenvalue weighted by Gasteiger charge is 2.23. The first-order valence-corrected chi connectivity index (χ1v) is 3.97. The molecule has 0 N–H and O–H groups in total. The molecule has 1 fully saturated rings. The summed E-state index contributed by atoms with van der Waals surface area (Å²) in [6, 6.07) is 2.18. The van der Waals surface area contributed by atoms with Gasteiger partial charge in [0.05, 0.1) is 0 Å². The van der Waals surface area contributed by atoms with Crippen molar-refractivity contribution >= 4 is 6.08 Å². The zero-order valence-corrected chi connectivity index (χ0v) is 6.46. The van der Waals surface area contributed by atoms with Gasteiger partial charge in [0.1, 0.15) is 0 Å². The van der Waals surface area contributed by atoms with E-state index in [0.29, 0.717) is 0 Å². The zero-order chi connectivity index (χ0) is 7.68. The maximum atomic E-state index is 4.15. The topological polar surface area (TPSA) is 12.9 Å². The Balaban J connectivity index is 2.33. The minimum Gasteiger partial charge on any atom is -0.264 e. The van der Waals surface area contributed by atoms with Crippen LogP contribution in [0.25, 0.3) is 6.08 Å². The van der Waals surface area contributed by atoms with Crippen molar-refractivity contribution < 1.29 is 0 Å². The van der Waals surface area contributed by atoms with E-state index in [1.165, 1.54) is 18.4 Å². The lowest BCUT2D eigenvalue weighted by atomic mass is 10.1. The molecular formula is C10H11N. The van der Waals surface area contributed by atoms with E-state index >= 15 is 0 Å². The largest absolute Gasteiger partial charge is 0.264 e. The Labute approximate surface area is 66.8 Å². The SMILES string of the molecule is C=Cc1cncc(C2CC2)c1. The molecule has 0 radical (unpaired) electrons. The number of pyridine rings is 1. The number of aromatic nitrogens is 1. The molecule has 0 saturated heterocycles. The first kappa shape index (κ1) is 6.59.